The molecule has 1 aromatic heterocycles. The van der Waals surface area contributed by atoms with Gasteiger partial charge < -0.3 is 0 Å². The Balaban J connectivity index is 1.82. The lowest BCUT2D eigenvalue weighted by molar-refractivity contribution is -0.110. The average molecular weight is 414 g/mol. The van der Waals surface area contributed by atoms with Gasteiger partial charge in [0.2, 0.25) is 0 Å². The minimum atomic E-state index is -0.231. The maximum Gasteiger partial charge on any atom is 0.266 e. The van der Waals surface area contributed by atoms with Crippen molar-refractivity contribution in [3.63, 3.8) is 0 Å². The molecule has 0 aliphatic rings. The summed E-state index contributed by atoms with van der Waals surface area (Å²) in [5.41, 5.74) is 4.68. The number of fused-ring (bicyclic) bond motifs is 1. The van der Waals surface area contributed by atoms with Gasteiger partial charge in [0, 0.05) is 6.92 Å². The number of nitrogens with one attached hydrogen (secondary N) is 1. The lowest BCUT2D eigenvalue weighted by Crippen LogP contribution is -2.23. The molecule has 0 amide bonds. The van der Waals surface area contributed by atoms with Gasteiger partial charge in [-0.25, -0.2) is 4.98 Å². The highest BCUT2D eigenvalue weighted by atomic mass is 32.2. The molecule has 0 spiro atoms. The Kier molecular flexibility index (Phi) is 5.72. The topological polar surface area (TPSA) is 76.3 Å². The van der Waals surface area contributed by atoms with Crippen LogP contribution in [0.3, 0.4) is 0 Å². The number of hydrogen-bond donors (Lipinski definition) is 1. The predicted octanol–water partition coefficient (Wildman–Crippen LogP) is 4.49. The molecular weight excluding hydrogens is 396 g/mol. The smallest absolute Gasteiger partial charge is 0.266 e. The fraction of sp³-hybridized carbons (Fsp3) is 0.0435. The van der Waals surface area contributed by atoms with Crippen molar-refractivity contribution in [1.82, 2.24) is 9.55 Å². The van der Waals surface area contributed by atoms with Gasteiger partial charge in [-0.2, -0.15) is 5.10 Å². The molecule has 0 saturated heterocycles. The van der Waals surface area contributed by atoms with Gasteiger partial charge >= 0.3 is 0 Å². The van der Waals surface area contributed by atoms with Crippen molar-refractivity contribution in [2.45, 2.75) is 12.1 Å². The Morgan fingerprint density at radius 1 is 0.933 bits per heavy atom. The van der Waals surface area contributed by atoms with E-state index in [2.05, 4.69) is 15.5 Å². The monoisotopic (exact) mass is 414 g/mol. The van der Waals surface area contributed by atoms with Crippen molar-refractivity contribution in [1.29, 1.82) is 0 Å². The summed E-state index contributed by atoms with van der Waals surface area (Å²) < 4.78 is 1.51. The molecule has 30 heavy (non-hydrogen) atoms. The van der Waals surface area contributed by atoms with Gasteiger partial charge in [-0.05, 0) is 48.2 Å². The zero-order chi connectivity index (χ0) is 20.9. The van der Waals surface area contributed by atoms with E-state index in [-0.39, 0.29) is 16.4 Å². The minimum absolute atomic E-state index is 0.200. The van der Waals surface area contributed by atoms with Crippen LogP contribution in [0, 0.1) is 0 Å². The van der Waals surface area contributed by atoms with Gasteiger partial charge in [-0.15, -0.1) is 0 Å². The standard InChI is InChI=1S/C23H18N4O2S/c1-16(28)21(26-25-17-10-4-2-5-11-17)30-23-24-20-15-9-8-14-19(20)22(29)27(23)18-12-6-3-7-13-18/h2-15,25H,1H3/b26-21+. The number of hydrogen-bond acceptors (Lipinski definition) is 6. The van der Waals surface area contributed by atoms with E-state index in [1.165, 1.54) is 11.5 Å². The first kappa shape index (κ1) is 19.6. The van der Waals surface area contributed by atoms with E-state index in [1.54, 1.807) is 18.2 Å². The Labute approximate surface area is 177 Å². The van der Waals surface area contributed by atoms with E-state index >= 15 is 0 Å². The highest BCUT2D eigenvalue weighted by molar-refractivity contribution is 8.15. The van der Waals surface area contributed by atoms with Crippen LogP contribution in [0.2, 0.25) is 0 Å². The van der Waals surface area contributed by atoms with Crippen LogP contribution in [0.5, 0.6) is 0 Å². The quantitative estimate of drug-likeness (QED) is 0.171. The number of Topliss-reactive ketones (excluding diaryl/α,β-unsaturated/α-hetero) is 1. The Bertz CT molecular complexity index is 1290. The summed E-state index contributed by atoms with van der Waals surface area (Å²) >= 11 is 1.06. The van der Waals surface area contributed by atoms with E-state index in [0.29, 0.717) is 21.7 Å². The average Bonchev–Trinajstić information content (AvgIpc) is 2.78. The Hall–Kier alpha value is -3.71. The molecule has 0 radical (unpaired) electrons. The SMILES string of the molecule is CC(=O)/C(=N\Nc1ccccc1)Sc1nc2ccccc2c(=O)n1-c1ccccc1. The summed E-state index contributed by atoms with van der Waals surface area (Å²) in [6.45, 7) is 1.44. The molecule has 1 N–H and O–H groups in total. The number of anilines is 1. The molecular formula is C23H18N4O2S. The van der Waals surface area contributed by atoms with Gasteiger partial charge in [0.05, 0.1) is 22.3 Å². The van der Waals surface area contributed by atoms with Crippen molar-refractivity contribution in [2.75, 3.05) is 5.43 Å². The summed E-state index contributed by atoms with van der Waals surface area (Å²) in [7, 11) is 0. The van der Waals surface area contributed by atoms with Crippen molar-refractivity contribution < 1.29 is 4.79 Å². The van der Waals surface area contributed by atoms with Crippen LogP contribution in [0.15, 0.2) is 100.0 Å². The second-order valence-electron chi connectivity index (χ2n) is 6.44. The zero-order valence-electron chi connectivity index (χ0n) is 16.1. The largest absolute Gasteiger partial charge is 0.292 e. The normalized spacial score (nSPS) is 11.4. The van der Waals surface area contributed by atoms with Gasteiger partial charge in [0.15, 0.2) is 16.0 Å². The van der Waals surface area contributed by atoms with Crippen molar-refractivity contribution in [2.24, 2.45) is 5.10 Å². The molecule has 4 rings (SSSR count). The van der Waals surface area contributed by atoms with E-state index in [1.807, 2.05) is 66.7 Å². The Morgan fingerprint density at radius 2 is 1.57 bits per heavy atom. The highest BCUT2D eigenvalue weighted by Crippen LogP contribution is 2.23. The van der Waals surface area contributed by atoms with Gasteiger partial charge in [0.1, 0.15) is 0 Å². The number of aromatic nitrogens is 2. The molecule has 6 nitrogen and oxygen atoms in total. The molecule has 1 heterocycles. The van der Waals surface area contributed by atoms with Crippen molar-refractivity contribution in [3.8, 4) is 5.69 Å². The van der Waals surface area contributed by atoms with Crippen LogP contribution >= 0.6 is 11.8 Å². The van der Waals surface area contributed by atoms with Gasteiger partial charge in [-0.3, -0.25) is 19.6 Å². The summed E-state index contributed by atoms with van der Waals surface area (Å²) in [5, 5.41) is 5.34. The highest BCUT2D eigenvalue weighted by Gasteiger charge is 2.18. The van der Waals surface area contributed by atoms with Gasteiger partial charge in [-0.1, -0.05) is 48.5 Å². The lowest BCUT2D eigenvalue weighted by atomic mass is 10.2. The van der Waals surface area contributed by atoms with Crippen molar-refractivity contribution in [3.05, 3.63) is 95.3 Å². The number of carbonyl (C=O) groups is 1. The molecule has 0 saturated carbocycles. The molecule has 0 aliphatic heterocycles. The summed E-state index contributed by atoms with van der Waals surface area (Å²) in [5.74, 6) is -0.231. The molecule has 148 valence electrons. The zero-order valence-corrected chi connectivity index (χ0v) is 17.0. The summed E-state index contributed by atoms with van der Waals surface area (Å²) in [4.78, 5) is 30.2. The van der Waals surface area contributed by atoms with E-state index < -0.39 is 0 Å². The van der Waals surface area contributed by atoms with Crippen LogP contribution in [0.25, 0.3) is 16.6 Å². The van der Waals surface area contributed by atoms with Crippen LogP contribution in [0.4, 0.5) is 5.69 Å². The molecule has 0 bridgehead atoms. The molecule has 7 heteroatoms. The fourth-order valence-corrected chi connectivity index (χ4v) is 3.71. The first-order chi connectivity index (χ1) is 14.6. The second kappa shape index (κ2) is 8.75. The second-order valence-corrected chi connectivity index (χ2v) is 7.40. The summed E-state index contributed by atoms with van der Waals surface area (Å²) in [6, 6.07) is 25.7. The molecule has 4 aromatic rings. The number of para-hydroxylation sites is 3. The van der Waals surface area contributed by atoms with Crippen molar-refractivity contribution >= 4 is 39.2 Å². The third-order valence-electron chi connectivity index (χ3n) is 4.31. The van der Waals surface area contributed by atoms with Crippen LogP contribution < -0.4 is 11.0 Å². The van der Waals surface area contributed by atoms with Crippen LogP contribution in [0.1, 0.15) is 6.92 Å². The van der Waals surface area contributed by atoms with E-state index in [0.717, 1.165) is 17.4 Å². The fourth-order valence-electron chi connectivity index (χ4n) is 2.87. The third-order valence-corrected chi connectivity index (χ3v) is 5.34. The molecule has 3 aromatic carbocycles. The molecule has 0 unspecified atom stereocenters. The summed E-state index contributed by atoms with van der Waals surface area (Å²) in [6.07, 6.45) is 0. The maximum absolute atomic E-state index is 13.2. The first-order valence-electron chi connectivity index (χ1n) is 9.28. The molecule has 0 aliphatic carbocycles. The predicted molar refractivity (Wildman–Crippen MR) is 121 cm³/mol. The van der Waals surface area contributed by atoms with Crippen LogP contribution in [-0.2, 0) is 4.79 Å². The molecule has 0 atom stereocenters. The number of ketones is 1. The Morgan fingerprint density at radius 3 is 2.27 bits per heavy atom. The number of carbonyl (C=O) groups excluding carboxylic acids is 1. The number of rotatable bonds is 5. The van der Waals surface area contributed by atoms with Crippen LogP contribution in [-0.4, -0.2) is 20.4 Å². The number of benzene rings is 3. The van der Waals surface area contributed by atoms with Gasteiger partial charge in [0.25, 0.3) is 5.56 Å². The number of hydrazone groups is 1. The molecule has 0 fully saturated rings. The third kappa shape index (κ3) is 4.16. The van der Waals surface area contributed by atoms with E-state index in [4.69, 9.17) is 0 Å². The minimum Gasteiger partial charge on any atom is -0.292 e. The number of nitrogens with zero attached hydrogens (tertiary/aromatic N) is 3. The maximum atomic E-state index is 13.2. The van der Waals surface area contributed by atoms with E-state index in [9.17, 15) is 9.59 Å². The number of thioether (sulfide) groups is 1. The lowest BCUT2D eigenvalue weighted by Gasteiger charge is -2.13. The first-order valence-corrected chi connectivity index (χ1v) is 10.1.